The Balaban J connectivity index is 2.20. The van der Waals surface area contributed by atoms with Gasteiger partial charge < -0.3 is 0 Å². The van der Waals surface area contributed by atoms with Crippen LogP contribution in [0.1, 0.15) is 0 Å². The number of carbonyl (C=O) groups is 2. The highest BCUT2D eigenvalue weighted by molar-refractivity contribution is 8.00. The number of hydrogen-bond acceptors (Lipinski definition) is 3. The van der Waals surface area contributed by atoms with Crippen LogP contribution in [-0.2, 0) is 9.59 Å². The van der Waals surface area contributed by atoms with Crippen LogP contribution in [0.5, 0.6) is 0 Å². The summed E-state index contributed by atoms with van der Waals surface area (Å²) in [6.07, 6.45) is -4.49. The Kier molecular flexibility index (Phi) is 4.42. The fraction of sp³-hybridized carbons (Fsp3) is 0.231. The number of nitrogens with zero attached hydrogens (tertiary/aromatic N) is 1. The Hall–Kier alpha value is -2.04. The van der Waals surface area contributed by atoms with Gasteiger partial charge in [0.2, 0.25) is 0 Å². The van der Waals surface area contributed by atoms with Gasteiger partial charge in [0.25, 0.3) is 11.8 Å². The molecule has 0 spiro atoms. The van der Waals surface area contributed by atoms with E-state index in [4.69, 9.17) is 0 Å². The predicted octanol–water partition coefficient (Wildman–Crippen LogP) is 4.00. The van der Waals surface area contributed by atoms with Crippen molar-refractivity contribution in [3.63, 3.8) is 0 Å². The highest BCUT2D eigenvalue weighted by Crippen LogP contribution is 2.53. The largest absolute Gasteiger partial charge is 0.460 e. The maximum atomic E-state index is 13.3. The molecule has 24 heavy (non-hydrogen) atoms. The summed E-state index contributed by atoms with van der Waals surface area (Å²) in [6, 6.07) is 3.57. The molecule has 11 heteroatoms. The number of rotatable bonds is 4. The number of imide groups is 1. The molecule has 2 amide bonds. The van der Waals surface area contributed by atoms with Crippen molar-refractivity contribution in [2.45, 2.75) is 22.2 Å². The van der Waals surface area contributed by atoms with Gasteiger partial charge in [0.05, 0.1) is 5.69 Å². The van der Waals surface area contributed by atoms with Gasteiger partial charge in [-0.05, 0) is 36.0 Å². The molecule has 1 aliphatic rings. The Bertz CT molecular complexity index is 679. The first-order valence-electron chi connectivity index (χ1n) is 6.04. The van der Waals surface area contributed by atoms with Crippen molar-refractivity contribution < 1.29 is 40.3 Å². The molecular weight excluding hydrogens is 367 g/mol. The molecule has 1 aromatic carbocycles. The molecule has 0 aromatic heterocycles. The summed E-state index contributed by atoms with van der Waals surface area (Å²) in [5, 5.41) is -5.44. The first-order valence-corrected chi connectivity index (χ1v) is 6.86. The van der Waals surface area contributed by atoms with Gasteiger partial charge in [0.1, 0.15) is 0 Å². The Morgan fingerprint density at radius 1 is 0.792 bits per heavy atom. The molecule has 0 unspecified atom stereocenters. The maximum Gasteiger partial charge on any atom is 0.460 e. The number of alkyl halides is 7. The summed E-state index contributed by atoms with van der Waals surface area (Å²) in [5.41, 5.74) is -0.0368. The van der Waals surface area contributed by atoms with Crippen LogP contribution in [0.3, 0.4) is 0 Å². The first kappa shape index (κ1) is 18.3. The van der Waals surface area contributed by atoms with E-state index in [9.17, 15) is 40.3 Å². The maximum absolute atomic E-state index is 13.3. The number of amides is 2. The van der Waals surface area contributed by atoms with Crippen LogP contribution in [-0.4, -0.2) is 29.2 Å². The zero-order valence-electron chi connectivity index (χ0n) is 11.3. The molecule has 0 atom stereocenters. The molecule has 3 nitrogen and oxygen atoms in total. The SMILES string of the molecule is O=C1C=CC(=O)N1c1ccc(SC(F)(F)C(F)(F)C(F)(F)F)cc1. The Morgan fingerprint density at radius 3 is 1.67 bits per heavy atom. The van der Waals surface area contributed by atoms with Crippen LogP contribution in [0.2, 0.25) is 0 Å². The molecule has 0 radical (unpaired) electrons. The van der Waals surface area contributed by atoms with Crippen molar-refractivity contribution in [3.05, 3.63) is 36.4 Å². The highest BCUT2D eigenvalue weighted by atomic mass is 32.2. The summed E-state index contributed by atoms with van der Waals surface area (Å²) in [7, 11) is 0. The van der Waals surface area contributed by atoms with E-state index < -0.39 is 45.8 Å². The topological polar surface area (TPSA) is 37.4 Å². The van der Waals surface area contributed by atoms with E-state index in [0.717, 1.165) is 36.4 Å². The Morgan fingerprint density at radius 2 is 1.25 bits per heavy atom. The van der Waals surface area contributed by atoms with E-state index in [0.29, 0.717) is 4.90 Å². The van der Waals surface area contributed by atoms with Crippen LogP contribution < -0.4 is 4.90 Å². The molecule has 0 N–H and O–H groups in total. The van der Waals surface area contributed by atoms with Crippen LogP contribution in [0.4, 0.5) is 36.4 Å². The molecule has 0 fully saturated rings. The second-order valence-electron chi connectivity index (χ2n) is 4.53. The number of benzene rings is 1. The molecule has 0 saturated heterocycles. The van der Waals surface area contributed by atoms with Crippen molar-refractivity contribution in [1.82, 2.24) is 0 Å². The van der Waals surface area contributed by atoms with Gasteiger partial charge in [-0.3, -0.25) is 9.59 Å². The van der Waals surface area contributed by atoms with E-state index in [1.165, 1.54) is 0 Å². The lowest BCUT2D eigenvalue weighted by molar-refractivity contribution is -0.330. The zero-order valence-corrected chi connectivity index (χ0v) is 12.1. The molecule has 0 saturated carbocycles. The lowest BCUT2D eigenvalue weighted by Gasteiger charge is -2.27. The number of anilines is 1. The minimum absolute atomic E-state index is 0.0368. The quantitative estimate of drug-likeness (QED) is 0.455. The van der Waals surface area contributed by atoms with Crippen molar-refractivity contribution >= 4 is 29.3 Å². The van der Waals surface area contributed by atoms with Gasteiger partial charge in [0.15, 0.2) is 0 Å². The molecule has 0 aliphatic carbocycles. The molecule has 2 rings (SSSR count). The summed E-state index contributed by atoms with van der Waals surface area (Å²) in [4.78, 5) is 22.9. The van der Waals surface area contributed by atoms with Crippen molar-refractivity contribution in [2.75, 3.05) is 4.90 Å². The van der Waals surface area contributed by atoms with E-state index in [1.807, 2.05) is 0 Å². The number of hydrogen-bond donors (Lipinski definition) is 0. The third-order valence-electron chi connectivity index (χ3n) is 2.87. The van der Waals surface area contributed by atoms with E-state index in [-0.39, 0.29) is 5.69 Å². The fourth-order valence-electron chi connectivity index (χ4n) is 1.70. The summed E-state index contributed by atoms with van der Waals surface area (Å²) < 4.78 is 88.3. The van der Waals surface area contributed by atoms with Gasteiger partial charge in [0, 0.05) is 17.0 Å². The summed E-state index contributed by atoms with van der Waals surface area (Å²) in [6.45, 7) is 0. The predicted molar refractivity (Wildman–Crippen MR) is 69.9 cm³/mol. The molecular formula is C13H6F7NO2S. The van der Waals surface area contributed by atoms with Crippen molar-refractivity contribution in [2.24, 2.45) is 0 Å². The number of thioether (sulfide) groups is 1. The highest BCUT2D eigenvalue weighted by Gasteiger charge is 2.73. The molecule has 130 valence electrons. The van der Waals surface area contributed by atoms with Gasteiger partial charge in [-0.25, -0.2) is 4.90 Å². The van der Waals surface area contributed by atoms with Crippen LogP contribution in [0.25, 0.3) is 0 Å². The van der Waals surface area contributed by atoms with E-state index >= 15 is 0 Å². The minimum atomic E-state index is -6.41. The lowest BCUT2D eigenvalue weighted by Crippen LogP contribution is -2.49. The first-order chi connectivity index (χ1) is 10.9. The molecule has 0 bridgehead atoms. The normalized spacial score (nSPS) is 16.2. The van der Waals surface area contributed by atoms with Gasteiger partial charge >= 0.3 is 17.4 Å². The number of carbonyl (C=O) groups excluding carboxylic acids is 2. The van der Waals surface area contributed by atoms with E-state index in [2.05, 4.69) is 0 Å². The lowest BCUT2D eigenvalue weighted by atomic mass is 10.3. The van der Waals surface area contributed by atoms with Crippen LogP contribution in [0, 0.1) is 0 Å². The van der Waals surface area contributed by atoms with Crippen LogP contribution >= 0.6 is 11.8 Å². The van der Waals surface area contributed by atoms with Crippen molar-refractivity contribution in [1.29, 1.82) is 0 Å². The van der Waals surface area contributed by atoms with Gasteiger partial charge in [-0.1, -0.05) is 0 Å². The third kappa shape index (κ3) is 3.12. The molecule has 1 heterocycles. The smallest absolute Gasteiger partial charge is 0.269 e. The second-order valence-corrected chi connectivity index (χ2v) is 5.72. The van der Waals surface area contributed by atoms with Gasteiger partial charge in [-0.15, -0.1) is 0 Å². The van der Waals surface area contributed by atoms with E-state index in [1.54, 1.807) is 0 Å². The molecule has 1 aliphatic heterocycles. The number of halogens is 7. The average Bonchev–Trinajstić information content (AvgIpc) is 2.77. The zero-order chi connectivity index (χ0) is 18.3. The average molecular weight is 373 g/mol. The Labute approximate surface area is 134 Å². The molecule has 1 aromatic rings. The monoisotopic (exact) mass is 373 g/mol. The second kappa shape index (κ2) is 5.80. The summed E-state index contributed by atoms with van der Waals surface area (Å²) >= 11 is -0.975. The minimum Gasteiger partial charge on any atom is -0.269 e. The van der Waals surface area contributed by atoms with Crippen LogP contribution in [0.15, 0.2) is 41.3 Å². The fourth-order valence-corrected chi connectivity index (χ4v) is 2.51. The third-order valence-corrected chi connectivity index (χ3v) is 3.89. The summed E-state index contributed by atoms with van der Waals surface area (Å²) in [5.74, 6) is -7.63. The van der Waals surface area contributed by atoms with Crippen molar-refractivity contribution in [3.8, 4) is 0 Å². The standard InChI is InChI=1S/C13H6F7NO2S/c14-11(15,12(16,17)18)13(19,20)24-8-3-1-7(2-4-8)21-9(22)5-6-10(21)23/h1-6H. The van der Waals surface area contributed by atoms with Gasteiger partial charge in [-0.2, -0.15) is 30.7 Å².